The molecule has 102 valence electrons. The Morgan fingerprint density at radius 1 is 0.947 bits per heavy atom. The van der Waals surface area contributed by atoms with Crippen LogP contribution in [0, 0.1) is 0 Å². The topological polar surface area (TPSA) is 9.23 Å². The van der Waals surface area contributed by atoms with E-state index in [1.165, 1.54) is 50.5 Å². The van der Waals surface area contributed by atoms with Gasteiger partial charge in [-0.15, -0.1) is 0 Å². The van der Waals surface area contributed by atoms with Crippen molar-refractivity contribution in [3.05, 3.63) is 35.9 Å². The van der Waals surface area contributed by atoms with E-state index in [-0.39, 0.29) is 0 Å². The number of benzene rings is 1. The summed E-state index contributed by atoms with van der Waals surface area (Å²) in [4.78, 5) is 0. The summed E-state index contributed by atoms with van der Waals surface area (Å²) in [7, 11) is 0. The van der Waals surface area contributed by atoms with Crippen molar-refractivity contribution in [1.29, 1.82) is 0 Å². The average molecular weight is 274 g/mol. The second-order valence-electron chi connectivity index (χ2n) is 5.84. The van der Waals surface area contributed by atoms with Crippen molar-refractivity contribution in [2.45, 2.75) is 56.9 Å². The molecule has 0 radical (unpaired) electrons. The highest BCUT2D eigenvalue weighted by Crippen LogP contribution is 2.42. The zero-order valence-electron chi connectivity index (χ0n) is 11.6. The van der Waals surface area contributed by atoms with E-state index in [1.54, 1.807) is 0 Å². The Hall–Kier alpha value is -0.405. The van der Waals surface area contributed by atoms with Crippen LogP contribution in [0.25, 0.3) is 0 Å². The molecule has 0 amide bonds. The second-order valence-corrected chi connectivity index (χ2v) is 6.97. The van der Waals surface area contributed by atoms with E-state index in [1.807, 2.05) is 11.6 Å². The Labute approximate surface area is 121 Å². The van der Waals surface area contributed by atoms with Gasteiger partial charge >= 0.3 is 6.19 Å². The maximum atomic E-state index is 6.35. The molecule has 0 bridgehead atoms. The molecule has 2 fully saturated rings. The normalized spacial score (nSPS) is 26.1. The summed E-state index contributed by atoms with van der Waals surface area (Å²) in [5, 5.41) is 0. The summed E-state index contributed by atoms with van der Waals surface area (Å²) in [5.41, 5.74) is 1.35. The molecule has 2 aliphatic rings. The van der Waals surface area contributed by atoms with Crippen molar-refractivity contribution in [2.75, 3.05) is 5.75 Å². The zero-order chi connectivity index (χ0) is 12.9. The third-order valence-corrected chi connectivity index (χ3v) is 5.74. The van der Waals surface area contributed by atoms with Gasteiger partial charge in [0.05, 0.1) is 6.10 Å². The molecular weight excluding hydrogens is 251 g/mol. The first kappa shape index (κ1) is 13.6. The van der Waals surface area contributed by atoms with Crippen molar-refractivity contribution < 1.29 is 4.65 Å². The van der Waals surface area contributed by atoms with E-state index in [9.17, 15) is 0 Å². The summed E-state index contributed by atoms with van der Waals surface area (Å²) in [6.07, 6.45) is 10.6. The molecule has 1 aliphatic heterocycles. The lowest BCUT2D eigenvalue weighted by molar-refractivity contribution is 0.242. The summed E-state index contributed by atoms with van der Waals surface area (Å²) < 4.78 is 6.35. The van der Waals surface area contributed by atoms with Gasteiger partial charge in [-0.05, 0) is 11.4 Å². The van der Waals surface area contributed by atoms with Crippen LogP contribution in [0.15, 0.2) is 30.3 Å². The Kier molecular flexibility index (Phi) is 4.89. The minimum Gasteiger partial charge on any atom is -0.418 e. The molecule has 0 N–H and O–H groups in total. The Morgan fingerprint density at radius 3 is 2.37 bits per heavy atom. The fourth-order valence-corrected chi connectivity index (χ4v) is 4.66. The molecular formula is C16H23BOS. The van der Waals surface area contributed by atoms with E-state index in [0.29, 0.717) is 12.3 Å². The number of rotatable bonds is 2. The highest BCUT2D eigenvalue weighted by molar-refractivity contribution is 8.25. The first-order valence-corrected chi connectivity index (χ1v) is 8.80. The Balaban J connectivity index is 1.58. The van der Waals surface area contributed by atoms with Crippen LogP contribution in [0.2, 0.25) is 5.82 Å². The third kappa shape index (κ3) is 3.58. The van der Waals surface area contributed by atoms with Crippen LogP contribution < -0.4 is 0 Å². The van der Waals surface area contributed by atoms with E-state index in [0.717, 1.165) is 11.6 Å². The first-order chi connectivity index (χ1) is 9.43. The molecule has 1 aromatic rings. The average Bonchev–Trinajstić information content (AvgIpc) is 2.89. The van der Waals surface area contributed by atoms with Gasteiger partial charge in [-0.2, -0.15) is 11.6 Å². The fraction of sp³-hybridized carbons (Fsp3) is 0.625. The molecule has 1 saturated heterocycles. The van der Waals surface area contributed by atoms with Crippen LogP contribution in [0.1, 0.15) is 56.6 Å². The number of hydrogen-bond donors (Lipinski definition) is 0. The van der Waals surface area contributed by atoms with Gasteiger partial charge in [0.2, 0.25) is 0 Å². The van der Waals surface area contributed by atoms with Crippen molar-refractivity contribution in [2.24, 2.45) is 0 Å². The second kappa shape index (κ2) is 6.85. The summed E-state index contributed by atoms with van der Waals surface area (Å²) in [5.74, 6) is 1.92. The summed E-state index contributed by atoms with van der Waals surface area (Å²) in [6.45, 7) is 0. The lowest BCUT2D eigenvalue weighted by Crippen LogP contribution is -2.19. The molecule has 19 heavy (non-hydrogen) atoms. The standard InChI is InChI=1S/C16H23BOS/c1-2-7-11-15(12-8-3-1)17-18-16(13-19-17)14-9-5-4-6-10-14/h4-6,9-10,15-16H,1-3,7-8,11-13H2. The molecule has 1 saturated carbocycles. The lowest BCUT2D eigenvalue weighted by atomic mass is 9.70. The van der Waals surface area contributed by atoms with E-state index >= 15 is 0 Å². The van der Waals surface area contributed by atoms with Gasteiger partial charge in [0.1, 0.15) is 0 Å². The van der Waals surface area contributed by atoms with Crippen molar-refractivity contribution in [3.63, 3.8) is 0 Å². The smallest absolute Gasteiger partial charge is 0.365 e. The molecule has 3 heteroatoms. The SMILES string of the molecule is c1ccc(C2CSB(C3CCCCCCC3)O2)cc1. The third-order valence-electron chi connectivity index (χ3n) is 4.42. The maximum absolute atomic E-state index is 6.35. The van der Waals surface area contributed by atoms with Crippen LogP contribution in [0.3, 0.4) is 0 Å². The monoisotopic (exact) mass is 274 g/mol. The largest absolute Gasteiger partial charge is 0.418 e. The first-order valence-electron chi connectivity index (χ1n) is 7.75. The van der Waals surface area contributed by atoms with E-state index in [4.69, 9.17) is 4.65 Å². The van der Waals surface area contributed by atoms with Crippen molar-refractivity contribution >= 4 is 17.8 Å². The molecule has 1 unspecified atom stereocenters. The Morgan fingerprint density at radius 2 is 1.63 bits per heavy atom. The van der Waals surface area contributed by atoms with Crippen molar-refractivity contribution in [3.8, 4) is 0 Å². The van der Waals surface area contributed by atoms with E-state index < -0.39 is 0 Å². The highest BCUT2D eigenvalue weighted by atomic mass is 32.2. The zero-order valence-corrected chi connectivity index (χ0v) is 12.4. The molecule has 1 atom stereocenters. The molecule has 1 aromatic carbocycles. The van der Waals surface area contributed by atoms with Gasteiger partial charge in [0.15, 0.2) is 0 Å². The van der Waals surface area contributed by atoms with E-state index in [2.05, 4.69) is 30.3 Å². The fourth-order valence-electron chi connectivity index (χ4n) is 3.27. The molecule has 0 aromatic heterocycles. The quantitative estimate of drug-likeness (QED) is 0.694. The van der Waals surface area contributed by atoms with Crippen molar-refractivity contribution in [1.82, 2.24) is 0 Å². The lowest BCUT2D eigenvalue weighted by Gasteiger charge is -2.22. The van der Waals surface area contributed by atoms with Gasteiger partial charge in [-0.3, -0.25) is 0 Å². The van der Waals surface area contributed by atoms with Gasteiger partial charge in [0.25, 0.3) is 0 Å². The molecule has 1 aliphatic carbocycles. The van der Waals surface area contributed by atoms with Gasteiger partial charge < -0.3 is 4.65 Å². The summed E-state index contributed by atoms with van der Waals surface area (Å²) >= 11 is 2.05. The predicted molar refractivity (Wildman–Crippen MR) is 84.5 cm³/mol. The van der Waals surface area contributed by atoms with Crippen LogP contribution >= 0.6 is 11.6 Å². The highest BCUT2D eigenvalue weighted by Gasteiger charge is 2.36. The minimum atomic E-state index is 0.321. The minimum absolute atomic E-state index is 0.321. The van der Waals surface area contributed by atoms with Crippen LogP contribution in [-0.4, -0.2) is 11.9 Å². The van der Waals surface area contributed by atoms with Gasteiger partial charge in [0, 0.05) is 5.75 Å². The molecule has 1 nitrogen and oxygen atoms in total. The molecule has 1 heterocycles. The van der Waals surface area contributed by atoms with Crippen LogP contribution in [0.4, 0.5) is 0 Å². The maximum Gasteiger partial charge on any atom is 0.365 e. The number of hydrogen-bond acceptors (Lipinski definition) is 2. The van der Waals surface area contributed by atoms with Crippen LogP contribution in [0.5, 0.6) is 0 Å². The van der Waals surface area contributed by atoms with Crippen LogP contribution in [-0.2, 0) is 4.65 Å². The summed E-state index contributed by atoms with van der Waals surface area (Å²) in [6, 6.07) is 10.7. The van der Waals surface area contributed by atoms with Gasteiger partial charge in [-0.25, -0.2) is 0 Å². The Bertz CT molecular complexity index is 376. The van der Waals surface area contributed by atoms with Gasteiger partial charge in [-0.1, -0.05) is 75.3 Å². The molecule has 3 rings (SSSR count). The molecule has 0 spiro atoms. The predicted octanol–water partition coefficient (Wildman–Crippen LogP) is 5.09.